The van der Waals surface area contributed by atoms with Gasteiger partial charge in [0.05, 0.1) is 0 Å². The van der Waals surface area contributed by atoms with Crippen molar-refractivity contribution in [3.8, 4) is 0 Å². The molecule has 0 spiro atoms. The number of rotatable bonds is 3. The summed E-state index contributed by atoms with van der Waals surface area (Å²) in [6.07, 6.45) is 0.941. The van der Waals surface area contributed by atoms with Gasteiger partial charge in [-0.1, -0.05) is 20.3 Å². The molecule has 0 aliphatic rings. The second-order valence-electron chi connectivity index (χ2n) is 2.99. The molecule has 0 rings (SSSR count). The first-order chi connectivity index (χ1) is 4.04. The van der Waals surface area contributed by atoms with Crippen LogP contribution >= 0.6 is 0 Å². The summed E-state index contributed by atoms with van der Waals surface area (Å²) < 4.78 is 11.7. The third-order valence-electron chi connectivity index (χ3n) is 2.00. The fourth-order valence-corrected chi connectivity index (χ4v) is 0.568. The molecule has 0 aliphatic carbocycles. The second-order valence-corrected chi connectivity index (χ2v) is 2.99. The lowest BCUT2D eigenvalue weighted by atomic mass is 9.91. The predicted octanol–water partition coefficient (Wildman–Crippen LogP) is 2.71. The summed E-state index contributed by atoms with van der Waals surface area (Å²) in [6, 6.07) is 0. The lowest BCUT2D eigenvalue weighted by Crippen LogP contribution is -2.29. The SMILES string of the molecule is CCC(C)C(C)(C)OF. The van der Waals surface area contributed by atoms with Crippen molar-refractivity contribution in [1.82, 2.24) is 0 Å². The van der Waals surface area contributed by atoms with Crippen LogP contribution in [0.5, 0.6) is 0 Å². The van der Waals surface area contributed by atoms with Crippen molar-refractivity contribution >= 4 is 0 Å². The molecule has 9 heavy (non-hydrogen) atoms. The summed E-state index contributed by atoms with van der Waals surface area (Å²) in [5.74, 6) is 0.266. The lowest BCUT2D eigenvalue weighted by molar-refractivity contribution is -0.240. The first kappa shape index (κ1) is 8.89. The van der Waals surface area contributed by atoms with Gasteiger partial charge < -0.3 is 0 Å². The van der Waals surface area contributed by atoms with Gasteiger partial charge in [0.25, 0.3) is 0 Å². The summed E-state index contributed by atoms with van der Waals surface area (Å²) in [6.45, 7) is 7.49. The van der Waals surface area contributed by atoms with Gasteiger partial charge in [0.2, 0.25) is 0 Å². The van der Waals surface area contributed by atoms with Gasteiger partial charge in [0, 0.05) is 0 Å². The van der Waals surface area contributed by atoms with Crippen molar-refractivity contribution in [2.24, 2.45) is 5.92 Å². The first-order valence-electron chi connectivity index (χ1n) is 3.34. The summed E-state index contributed by atoms with van der Waals surface area (Å²) in [5.41, 5.74) is -0.616. The number of hydrogen-bond donors (Lipinski definition) is 0. The van der Waals surface area contributed by atoms with E-state index in [4.69, 9.17) is 0 Å². The highest BCUT2D eigenvalue weighted by Gasteiger charge is 2.26. The fraction of sp³-hybridized carbons (Fsp3) is 1.00. The molecule has 0 saturated carbocycles. The number of hydrogen-bond acceptors (Lipinski definition) is 1. The van der Waals surface area contributed by atoms with Gasteiger partial charge in [0.1, 0.15) is 5.60 Å². The summed E-state index contributed by atoms with van der Waals surface area (Å²) in [4.78, 5) is 3.79. The van der Waals surface area contributed by atoms with Crippen LogP contribution < -0.4 is 0 Å². The molecule has 0 N–H and O–H groups in total. The van der Waals surface area contributed by atoms with E-state index in [-0.39, 0.29) is 5.92 Å². The summed E-state index contributed by atoms with van der Waals surface area (Å²) in [7, 11) is 0. The molecule has 0 amide bonds. The second kappa shape index (κ2) is 3.16. The predicted molar refractivity (Wildman–Crippen MR) is 35.7 cm³/mol. The van der Waals surface area contributed by atoms with Crippen LogP contribution in [0, 0.1) is 5.92 Å². The average Bonchev–Trinajstić information content (AvgIpc) is 1.86. The Kier molecular flexibility index (Phi) is 3.12. The fourth-order valence-electron chi connectivity index (χ4n) is 0.568. The average molecular weight is 134 g/mol. The lowest BCUT2D eigenvalue weighted by Gasteiger charge is -2.25. The molecule has 1 nitrogen and oxygen atoms in total. The van der Waals surface area contributed by atoms with Crippen LogP contribution in [0.4, 0.5) is 4.53 Å². The molecule has 56 valence electrons. The van der Waals surface area contributed by atoms with Gasteiger partial charge in [-0.25, -0.2) is 0 Å². The molecular weight excluding hydrogens is 119 g/mol. The van der Waals surface area contributed by atoms with E-state index < -0.39 is 5.60 Å². The highest BCUT2D eigenvalue weighted by atomic mass is 19.3. The van der Waals surface area contributed by atoms with E-state index in [9.17, 15) is 4.53 Å². The van der Waals surface area contributed by atoms with E-state index in [1.165, 1.54) is 0 Å². The zero-order valence-electron chi connectivity index (χ0n) is 6.57. The molecule has 0 radical (unpaired) electrons. The van der Waals surface area contributed by atoms with E-state index in [1.807, 2.05) is 13.8 Å². The third kappa shape index (κ3) is 2.31. The molecule has 0 aromatic heterocycles. The Bertz CT molecular complexity index is 81.0. The molecule has 0 saturated heterocycles. The van der Waals surface area contributed by atoms with Crippen LogP contribution in [0.3, 0.4) is 0 Å². The van der Waals surface area contributed by atoms with Crippen molar-refractivity contribution in [1.29, 1.82) is 0 Å². The maximum Gasteiger partial charge on any atom is 0.106 e. The van der Waals surface area contributed by atoms with Crippen molar-refractivity contribution in [2.75, 3.05) is 0 Å². The van der Waals surface area contributed by atoms with Gasteiger partial charge >= 0.3 is 0 Å². The smallest absolute Gasteiger partial charge is 0.106 e. The van der Waals surface area contributed by atoms with Crippen LogP contribution in [-0.2, 0) is 4.94 Å². The van der Waals surface area contributed by atoms with Gasteiger partial charge in [-0.2, -0.15) is 4.94 Å². The van der Waals surface area contributed by atoms with E-state index >= 15 is 0 Å². The molecule has 0 fully saturated rings. The molecule has 0 bridgehead atoms. The summed E-state index contributed by atoms with van der Waals surface area (Å²) >= 11 is 0. The minimum Gasteiger partial charge on any atom is -0.188 e. The monoisotopic (exact) mass is 134 g/mol. The van der Waals surface area contributed by atoms with E-state index in [0.29, 0.717) is 0 Å². The molecule has 1 unspecified atom stereocenters. The van der Waals surface area contributed by atoms with Gasteiger partial charge in [0.15, 0.2) is 0 Å². The van der Waals surface area contributed by atoms with E-state index in [0.717, 1.165) is 6.42 Å². The van der Waals surface area contributed by atoms with Gasteiger partial charge in [-0.3, -0.25) is 0 Å². The third-order valence-corrected chi connectivity index (χ3v) is 2.00. The van der Waals surface area contributed by atoms with Crippen molar-refractivity contribution in [2.45, 2.75) is 39.7 Å². The molecule has 0 heterocycles. The van der Waals surface area contributed by atoms with Crippen molar-refractivity contribution in [3.63, 3.8) is 0 Å². The van der Waals surface area contributed by atoms with Crippen molar-refractivity contribution in [3.05, 3.63) is 0 Å². The van der Waals surface area contributed by atoms with Crippen LogP contribution in [0.15, 0.2) is 0 Å². The molecule has 0 aromatic carbocycles. The Morgan fingerprint density at radius 1 is 1.56 bits per heavy atom. The Morgan fingerprint density at radius 3 is 2.11 bits per heavy atom. The van der Waals surface area contributed by atoms with Crippen LogP contribution in [0.2, 0.25) is 0 Å². The first-order valence-corrected chi connectivity index (χ1v) is 3.34. The summed E-state index contributed by atoms with van der Waals surface area (Å²) in [5, 5.41) is 0. The Hall–Kier alpha value is -0.110. The molecule has 0 aromatic rings. The zero-order valence-corrected chi connectivity index (χ0v) is 6.57. The van der Waals surface area contributed by atoms with Crippen LogP contribution in [0.1, 0.15) is 34.1 Å². The van der Waals surface area contributed by atoms with E-state index in [2.05, 4.69) is 4.94 Å². The maximum atomic E-state index is 11.7. The quantitative estimate of drug-likeness (QED) is 0.576. The van der Waals surface area contributed by atoms with Gasteiger partial charge in [-0.05, 0) is 24.3 Å². The minimum atomic E-state index is -0.616. The highest BCUT2D eigenvalue weighted by molar-refractivity contribution is 4.72. The number of halogens is 1. The standard InChI is InChI=1S/C7H15FO/c1-5-6(2)7(3,4)9-8/h6H,5H2,1-4H3. The normalized spacial score (nSPS) is 15.7. The van der Waals surface area contributed by atoms with Gasteiger partial charge in [-0.15, -0.1) is 0 Å². The Labute approximate surface area is 56.1 Å². The van der Waals surface area contributed by atoms with Crippen LogP contribution in [0.25, 0.3) is 0 Å². The minimum absolute atomic E-state index is 0.266. The van der Waals surface area contributed by atoms with E-state index in [1.54, 1.807) is 13.8 Å². The molecule has 0 aliphatic heterocycles. The molecule has 1 atom stereocenters. The topological polar surface area (TPSA) is 9.23 Å². The Balaban J connectivity index is 3.80. The maximum absolute atomic E-state index is 11.7. The zero-order chi connectivity index (χ0) is 7.49. The Morgan fingerprint density at radius 2 is 2.00 bits per heavy atom. The molecular formula is C7H15FO. The molecule has 2 heteroatoms. The highest BCUT2D eigenvalue weighted by Crippen LogP contribution is 2.23. The van der Waals surface area contributed by atoms with Crippen LogP contribution in [-0.4, -0.2) is 5.60 Å². The van der Waals surface area contributed by atoms with Crippen molar-refractivity contribution < 1.29 is 9.47 Å². The largest absolute Gasteiger partial charge is 0.188 e.